The molecule has 2 N–H and O–H groups in total. The average Bonchev–Trinajstić information content (AvgIpc) is 2.34. The summed E-state index contributed by atoms with van der Waals surface area (Å²) in [6, 6.07) is 4.28. The fourth-order valence-corrected chi connectivity index (χ4v) is 1.43. The van der Waals surface area contributed by atoms with Crippen LogP contribution in [0.25, 0.3) is 0 Å². The predicted molar refractivity (Wildman–Crippen MR) is 70.1 cm³/mol. The normalized spacial score (nSPS) is 10.3. The molecule has 0 saturated carbocycles. The maximum absolute atomic E-state index is 13.7. The van der Waals surface area contributed by atoms with Gasteiger partial charge in [-0.1, -0.05) is 17.7 Å². The Hall–Kier alpha value is -2.15. The zero-order valence-corrected chi connectivity index (χ0v) is 11.0. The number of nitrogens with two attached hydrogens (primary N) is 1. The van der Waals surface area contributed by atoms with E-state index in [0.717, 1.165) is 0 Å². The molecule has 0 spiro atoms. The van der Waals surface area contributed by atoms with Crippen LogP contribution in [0.2, 0.25) is 5.02 Å². The van der Waals surface area contributed by atoms with E-state index in [1.807, 2.05) is 0 Å². The van der Waals surface area contributed by atoms with Crippen molar-refractivity contribution < 1.29 is 9.13 Å². The van der Waals surface area contributed by atoms with Gasteiger partial charge >= 0.3 is 6.01 Å². The maximum atomic E-state index is 13.7. The van der Waals surface area contributed by atoms with Crippen molar-refractivity contribution in [3.63, 3.8) is 0 Å². The first-order chi connectivity index (χ1) is 8.97. The van der Waals surface area contributed by atoms with Gasteiger partial charge in [0.1, 0.15) is 0 Å². The summed E-state index contributed by atoms with van der Waals surface area (Å²) in [6.45, 7) is 0. The number of nitrogens with zero attached hydrogens (tertiary/aromatic N) is 4. The number of anilines is 2. The van der Waals surface area contributed by atoms with Crippen LogP contribution in [-0.4, -0.2) is 29.0 Å². The Balaban J connectivity index is 2.35. The van der Waals surface area contributed by atoms with E-state index in [9.17, 15) is 4.39 Å². The van der Waals surface area contributed by atoms with Gasteiger partial charge in [0.25, 0.3) is 0 Å². The van der Waals surface area contributed by atoms with Gasteiger partial charge in [0.15, 0.2) is 11.6 Å². The molecule has 0 aliphatic rings. The van der Waals surface area contributed by atoms with E-state index in [1.165, 1.54) is 12.1 Å². The van der Waals surface area contributed by atoms with Gasteiger partial charge in [-0.3, -0.25) is 0 Å². The van der Waals surface area contributed by atoms with E-state index in [0.29, 0.717) is 5.95 Å². The summed E-state index contributed by atoms with van der Waals surface area (Å²) in [5, 5.41) is -0.0487. The van der Waals surface area contributed by atoms with Gasteiger partial charge in [0.2, 0.25) is 11.9 Å². The van der Waals surface area contributed by atoms with E-state index in [4.69, 9.17) is 22.1 Å². The smallest absolute Gasteiger partial charge is 0.328 e. The summed E-state index contributed by atoms with van der Waals surface area (Å²) < 4.78 is 18.9. The zero-order chi connectivity index (χ0) is 14.0. The molecule has 0 radical (unpaired) electrons. The van der Waals surface area contributed by atoms with Crippen molar-refractivity contribution >= 4 is 23.5 Å². The highest BCUT2D eigenvalue weighted by molar-refractivity contribution is 6.30. The topological polar surface area (TPSA) is 77.2 Å². The van der Waals surface area contributed by atoms with Gasteiger partial charge in [0.05, 0.1) is 5.02 Å². The van der Waals surface area contributed by atoms with E-state index in [1.54, 1.807) is 25.1 Å². The molecule has 19 heavy (non-hydrogen) atoms. The Morgan fingerprint density at radius 1 is 1.26 bits per heavy atom. The second-order valence-electron chi connectivity index (χ2n) is 3.82. The molecule has 0 atom stereocenters. The molecule has 8 heteroatoms. The van der Waals surface area contributed by atoms with Gasteiger partial charge in [-0.15, -0.1) is 0 Å². The molecule has 0 unspecified atom stereocenters. The lowest BCUT2D eigenvalue weighted by Crippen LogP contribution is -2.15. The number of benzene rings is 1. The van der Waals surface area contributed by atoms with Crippen molar-refractivity contribution in [1.82, 2.24) is 15.0 Å². The average molecular weight is 284 g/mol. The first kappa shape index (κ1) is 13.3. The molecule has 0 fully saturated rings. The van der Waals surface area contributed by atoms with Crippen LogP contribution in [0, 0.1) is 5.82 Å². The first-order valence-corrected chi connectivity index (χ1v) is 5.66. The van der Waals surface area contributed by atoms with Gasteiger partial charge in [-0.2, -0.15) is 15.0 Å². The largest absolute Gasteiger partial charge is 0.421 e. The van der Waals surface area contributed by atoms with Crippen molar-refractivity contribution in [2.75, 3.05) is 24.7 Å². The SMILES string of the molecule is CN(C)c1nc(N)nc(Oc2cccc(Cl)c2F)n1. The minimum absolute atomic E-state index is 0.0175. The summed E-state index contributed by atoms with van der Waals surface area (Å²) in [6.07, 6.45) is 0. The Morgan fingerprint density at radius 3 is 2.68 bits per heavy atom. The third kappa shape index (κ3) is 3.00. The highest BCUT2D eigenvalue weighted by Crippen LogP contribution is 2.27. The molecule has 2 aromatic rings. The maximum Gasteiger partial charge on any atom is 0.328 e. The number of hydrogen-bond acceptors (Lipinski definition) is 6. The van der Waals surface area contributed by atoms with Crippen LogP contribution < -0.4 is 15.4 Å². The van der Waals surface area contributed by atoms with Crippen molar-refractivity contribution in [3.8, 4) is 11.8 Å². The fraction of sp³-hybridized carbons (Fsp3) is 0.182. The molecule has 1 aromatic heterocycles. The lowest BCUT2D eigenvalue weighted by atomic mass is 10.3. The minimum atomic E-state index is -0.686. The minimum Gasteiger partial charge on any atom is -0.421 e. The van der Waals surface area contributed by atoms with Crippen LogP contribution in [0.1, 0.15) is 0 Å². The van der Waals surface area contributed by atoms with Gasteiger partial charge in [0, 0.05) is 14.1 Å². The van der Waals surface area contributed by atoms with Crippen LogP contribution >= 0.6 is 11.6 Å². The molecule has 1 aromatic carbocycles. The van der Waals surface area contributed by atoms with Crippen molar-refractivity contribution in [1.29, 1.82) is 0 Å². The fourth-order valence-electron chi connectivity index (χ4n) is 1.27. The number of halogens is 2. The Bertz CT molecular complexity index is 608. The first-order valence-electron chi connectivity index (χ1n) is 5.28. The highest BCUT2D eigenvalue weighted by Gasteiger charge is 2.12. The molecular formula is C11H11ClFN5O. The molecule has 0 aliphatic heterocycles. The molecule has 0 amide bonds. The van der Waals surface area contributed by atoms with E-state index >= 15 is 0 Å². The second-order valence-corrected chi connectivity index (χ2v) is 4.23. The van der Waals surface area contributed by atoms with Gasteiger partial charge < -0.3 is 15.4 Å². The van der Waals surface area contributed by atoms with Crippen LogP contribution in [0.5, 0.6) is 11.8 Å². The van der Waals surface area contributed by atoms with Crippen LogP contribution in [0.3, 0.4) is 0 Å². The molecule has 0 bridgehead atoms. The number of hydrogen-bond donors (Lipinski definition) is 1. The van der Waals surface area contributed by atoms with Crippen LogP contribution in [0.15, 0.2) is 18.2 Å². The number of nitrogen functional groups attached to an aromatic ring is 1. The van der Waals surface area contributed by atoms with Gasteiger partial charge in [-0.25, -0.2) is 4.39 Å². The molecule has 6 nitrogen and oxygen atoms in total. The second kappa shape index (κ2) is 5.23. The Labute approximate surface area is 114 Å². The number of ether oxygens (including phenoxy) is 1. The monoisotopic (exact) mass is 283 g/mol. The van der Waals surface area contributed by atoms with Gasteiger partial charge in [-0.05, 0) is 12.1 Å². The Morgan fingerprint density at radius 2 is 2.00 bits per heavy atom. The summed E-state index contributed by atoms with van der Waals surface area (Å²) in [7, 11) is 3.47. The predicted octanol–water partition coefficient (Wildman–Crippen LogP) is 2.10. The summed E-state index contributed by atoms with van der Waals surface area (Å²) in [5.41, 5.74) is 5.53. The third-order valence-electron chi connectivity index (χ3n) is 2.14. The zero-order valence-electron chi connectivity index (χ0n) is 10.3. The Kier molecular flexibility index (Phi) is 3.66. The lowest BCUT2D eigenvalue weighted by molar-refractivity contribution is 0.410. The molecule has 2 rings (SSSR count). The summed E-state index contributed by atoms with van der Waals surface area (Å²) in [5.74, 6) is -0.474. The van der Waals surface area contributed by atoms with Crippen LogP contribution in [0.4, 0.5) is 16.3 Å². The molecule has 0 saturated heterocycles. The summed E-state index contributed by atoms with van der Waals surface area (Å²) >= 11 is 5.65. The lowest BCUT2D eigenvalue weighted by Gasteiger charge is -2.11. The van der Waals surface area contributed by atoms with Crippen molar-refractivity contribution in [3.05, 3.63) is 29.0 Å². The van der Waals surface area contributed by atoms with Crippen molar-refractivity contribution in [2.45, 2.75) is 0 Å². The van der Waals surface area contributed by atoms with Crippen molar-refractivity contribution in [2.24, 2.45) is 0 Å². The third-order valence-corrected chi connectivity index (χ3v) is 2.43. The number of rotatable bonds is 3. The van der Waals surface area contributed by atoms with E-state index in [-0.39, 0.29) is 22.7 Å². The van der Waals surface area contributed by atoms with E-state index < -0.39 is 5.82 Å². The van der Waals surface area contributed by atoms with Crippen LogP contribution in [-0.2, 0) is 0 Å². The molecule has 100 valence electrons. The quantitative estimate of drug-likeness (QED) is 0.929. The molecule has 1 heterocycles. The molecule has 0 aliphatic carbocycles. The molecular weight excluding hydrogens is 273 g/mol. The highest BCUT2D eigenvalue weighted by atomic mass is 35.5. The van der Waals surface area contributed by atoms with E-state index in [2.05, 4.69) is 15.0 Å². The standard InChI is InChI=1S/C11H11ClFN5O/c1-18(2)10-15-9(14)16-11(17-10)19-7-5-3-4-6(12)8(7)13/h3-5H,1-2H3,(H2,14,15,16,17). The number of aromatic nitrogens is 3. The summed E-state index contributed by atoms with van der Waals surface area (Å²) in [4.78, 5) is 13.3.